The number of nitrogens with zero attached hydrogens (tertiary/aromatic N) is 3. The Balaban J connectivity index is 2.21. The fourth-order valence-corrected chi connectivity index (χ4v) is 2.64. The summed E-state index contributed by atoms with van der Waals surface area (Å²) in [7, 11) is 1.70. The first-order valence-corrected chi connectivity index (χ1v) is 6.91. The fourth-order valence-electron chi connectivity index (χ4n) is 2.64. The maximum absolute atomic E-state index is 12.7. The van der Waals surface area contributed by atoms with Crippen molar-refractivity contribution >= 4 is 5.91 Å². The van der Waals surface area contributed by atoms with Crippen LogP contribution in [0.1, 0.15) is 34.6 Å². The first kappa shape index (κ1) is 14.9. The predicted octanol–water partition coefficient (Wildman–Crippen LogP) is 0.672. The zero-order valence-electron chi connectivity index (χ0n) is 12.3. The summed E-state index contributed by atoms with van der Waals surface area (Å²) < 4.78 is 5.38. The molecule has 2 heterocycles. The lowest BCUT2D eigenvalue weighted by molar-refractivity contribution is 0.0138. The van der Waals surface area contributed by atoms with Crippen LogP contribution in [-0.2, 0) is 4.74 Å². The van der Waals surface area contributed by atoms with Crippen LogP contribution < -0.4 is 5.73 Å². The molecule has 1 amide bonds. The van der Waals surface area contributed by atoms with Gasteiger partial charge in [0.15, 0.2) is 0 Å². The SMILES string of the molecule is COC1CCN(C(=O)c2cc(C)nnc2C)C(CN)C1. The predicted molar refractivity (Wildman–Crippen MR) is 75.4 cm³/mol. The van der Waals surface area contributed by atoms with Crippen LogP contribution in [0, 0.1) is 13.8 Å². The number of piperidine rings is 1. The second kappa shape index (κ2) is 6.28. The number of likely N-dealkylation sites (tertiary alicyclic amines) is 1. The topological polar surface area (TPSA) is 81.3 Å². The van der Waals surface area contributed by atoms with Gasteiger partial charge in [0.2, 0.25) is 0 Å². The second-order valence-corrected chi connectivity index (χ2v) is 5.25. The molecule has 1 aromatic heterocycles. The Morgan fingerprint density at radius 2 is 2.25 bits per heavy atom. The molecule has 2 N–H and O–H groups in total. The number of nitrogens with two attached hydrogens (primary N) is 1. The van der Waals surface area contributed by atoms with E-state index in [1.807, 2.05) is 11.8 Å². The standard InChI is InChI=1S/C14H22N4O2/c1-9-6-13(10(2)17-16-9)14(19)18-5-4-12(20-3)7-11(18)8-15/h6,11-12H,4-5,7-8,15H2,1-3H3. The van der Waals surface area contributed by atoms with Crippen LogP contribution in [0.4, 0.5) is 0 Å². The molecule has 0 aliphatic carbocycles. The van der Waals surface area contributed by atoms with E-state index < -0.39 is 0 Å². The van der Waals surface area contributed by atoms with Crippen molar-refractivity contribution in [3.8, 4) is 0 Å². The van der Waals surface area contributed by atoms with E-state index in [-0.39, 0.29) is 18.1 Å². The Labute approximate surface area is 119 Å². The van der Waals surface area contributed by atoms with E-state index in [9.17, 15) is 4.79 Å². The summed E-state index contributed by atoms with van der Waals surface area (Å²) in [5, 5.41) is 7.99. The van der Waals surface area contributed by atoms with Crippen LogP contribution in [0.5, 0.6) is 0 Å². The number of methoxy groups -OCH3 is 1. The molecular formula is C14H22N4O2. The number of ether oxygens (including phenoxy) is 1. The molecule has 2 atom stereocenters. The van der Waals surface area contributed by atoms with Gasteiger partial charge in [0.05, 0.1) is 23.1 Å². The lowest BCUT2D eigenvalue weighted by atomic mass is 9.98. The van der Waals surface area contributed by atoms with Crippen LogP contribution in [0.3, 0.4) is 0 Å². The maximum Gasteiger partial charge on any atom is 0.256 e. The summed E-state index contributed by atoms with van der Waals surface area (Å²) >= 11 is 0. The Hall–Kier alpha value is -1.53. The summed E-state index contributed by atoms with van der Waals surface area (Å²) in [5.41, 5.74) is 7.84. The smallest absolute Gasteiger partial charge is 0.256 e. The molecule has 6 nitrogen and oxygen atoms in total. The molecule has 0 saturated carbocycles. The molecule has 2 rings (SSSR count). The first-order chi connectivity index (χ1) is 9.56. The highest BCUT2D eigenvalue weighted by Crippen LogP contribution is 2.22. The van der Waals surface area contributed by atoms with Gasteiger partial charge in [-0.15, -0.1) is 0 Å². The highest BCUT2D eigenvalue weighted by molar-refractivity contribution is 5.95. The highest BCUT2D eigenvalue weighted by atomic mass is 16.5. The number of hydrogen-bond acceptors (Lipinski definition) is 5. The van der Waals surface area contributed by atoms with Crippen LogP contribution in [-0.4, -0.2) is 53.3 Å². The third-order valence-corrected chi connectivity index (χ3v) is 3.87. The highest BCUT2D eigenvalue weighted by Gasteiger charge is 2.32. The number of rotatable bonds is 3. The van der Waals surface area contributed by atoms with Gasteiger partial charge in [-0.1, -0.05) is 0 Å². The summed E-state index contributed by atoms with van der Waals surface area (Å²) in [5.74, 6) is -0.00879. The Kier molecular flexibility index (Phi) is 4.67. The van der Waals surface area contributed by atoms with Crippen LogP contribution in [0.25, 0.3) is 0 Å². The lowest BCUT2D eigenvalue weighted by Gasteiger charge is -2.38. The maximum atomic E-state index is 12.7. The third kappa shape index (κ3) is 2.96. The number of aromatic nitrogens is 2. The van der Waals surface area contributed by atoms with Gasteiger partial charge in [-0.3, -0.25) is 4.79 Å². The van der Waals surface area contributed by atoms with Crippen molar-refractivity contribution in [1.82, 2.24) is 15.1 Å². The minimum atomic E-state index is -0.00879. The summed E-state index contributed by atoms with van der Waals surface area (Å²) in [6, 6.07) is 1.81. The molecule has 1 fully saturated rings. The van der Waals surface area contributed by atoms with Gasteiger partial charge in [-0.05, 0) is 32.8 Å². The van der Waals surface area contributed by atoms with Crippen molar-refractivity contribution in [1.29, 1.82) is 0 Å². The van der Waals surface area contributed by atoms with Crippen molar-refractivity contribution in [3.05, 3.63) is 23.0 Å². The monoisotopic (exact) mass is 278 g/mol. The minimum Gasteiger partial charge on any atom is -0.381 e. The molecule has 0 spiro atoms. The molecule has 110 valence electrons. The van der Waals surface area contributed by atoms with E-state index >= 15 is 0 Å². The quantitative estimate of drug-likeness (QED) is 0.879. The zero-order chi connectivity index (χ0) is 14.7. The Morgan fingerprint density at radius 1 is 1.50 bits per heavy atom. The summed E-state index contributed by atoms with van der Waals surface area (Å²) in [6.45, 7) is 4.75. The van der Waals surface area contributed by atoms with Gasteiger partial charge in [-0.2, -0.15) is 10.2 Å². The third-order valence-electron chi connectivity index (χ3n) is 3.87. The van der Waals surface area contributed by atoms with Crippen LogP contribution in [0.2, 0.25) is 0 Å². The Morgan fingerprint density at radius 3 is 2.90 bits per heavy atom. The number of hydrogen-bond donors (Lipinski definition) is 1. The van der Waals surface area contributed by atoms with Crippen molar-refractivity contribution < 1.29 is 9.53 Å². The summed E-state index contributed by atoms with van der Waals surface area (Å²) in [6.07, 6.45) is 1.82. The van der Waals surface area contributed by atoms with Gasteiger partial charge >= 0.3 is 0 Å². The molecule has 2 unspecified atom stereocenters. The number of carbonyl (C=O) groups is 1. The molecule has 0 radical (unpaired) electrons. The summed E-state index contributed by atoms with van der Waals surface area (Å²) in [4.78, 5) is 14.5. The lowest BCUT2D eigenvalue weighted by Crippen LogP contribution is -2.51. The average molecular weight is 278 g/mol. The second-order valence-electron chi connectivity index (χ2n) is 5.25. The molecular weight excluding hydrogens is 256 g/mol. The van der Waals surface area contributed by atoms with Gasteiger partial charge in [0.25, 0.3) is 5.91 Å². The van der Waals surface area contributed by atoms with Gasteiger partial charge in [0, 0.05) is 26.2 Å². The molecule has 6 heteroatoms. The van der Waals surface area contributed by atoms with Gasteiger partial charge in [-0.25, -0.2) is 0 Å². The van der Waals surface area contributed by atoms with Crippen molar-refractivity contribution in [2.45, 2.75) is 38.8 Å². The van der Waals surface area contributed by atoms with E-state index in [1.165, 1.54) is 0 Å². The Bertz CT molecular complexity index is 492. The van der Waals surface area contributed by atoms with E-state index in [4.69, 9.17) is 10.5 Å². The van der Waals surface area contributed by atoms with Crippen molar-refractivity contribution in [3.63, 3.8) is 0 Å². The molecule has 1 aliphatic rings. The molecule has 0 bridgehead atoms. The number of carbonyl (C=O) groups excluding carboxylic acids is 1. The largest absolute Gasteiger partial charge is 0.381 e. The van der Waals surface area contributed by atoms with E-state index in [0.717, 1.165) is 18.5 Å². The van der Waals surface area contributed by atoms with Crippen LogP contribution >= 0.6 is 0 Å². The molecule has 1 aromatic rings. The normalized spacial score (nSPS) is 22.9. The molecule has 1 saturated heterocycles. The van der Waals surface area contributed by atoms with Gasteiger partial charge < -0.3 is 15.4 Å². The number of aryl methyl sites for hydroxylation is 2. The van der Waals surface area contributed by atoms with Gasteiger partial charge in [0.1, 0.15) is 0 Å². The molecule has 0 aromatic carbocycles. The molecule has 20 heavy (non-hydrogen) atoms. The van der Waals surface area contributed by atoms with Crippen molar-refractivity contribution in [2.75, 3.05) is 20.2 Å². The first-order valence-electron chi connectivity index (χ1n) is 6.91. The minimum absolute atomic E-state index is 0.00879. The number of amides is 1. The van der Waals surface area contributed by atoms with E-state index in [2.05, 4.69) is 10.2 Å². The van der Waals surface area contributed by atoms with E-state index in [1.54, 1.807) is 20.1 Å². The van der Waals surface area contributed by atoms with Crippen molar-refractivity contribution in [2.24, 2.45) is 5.73 Å². The molecule has 1 aliphatic heterocycles. The average Bonchev–Trinajstić information content (AvgIpc) is 2.48. The van der Waals surface area contributed by atoms with E-state index in [0.29, 0.717) is 24.3 Å². The van der Waals surface area contributed by atoms with Crippen LogP contribution in [0.15, 0.2) is 6.07 Å². The fraction of sp³-hybridized carbons (Fsp3) is 0.643. The zero-order valence-corrected chi connectivity index (χ0v) is 12.3.